The van der Waals surface area contributed by atoms with Crippen LogP contribution in [0.25, 0.3) is 0 Å². The number of unbranched alkanes of at least 4 members (excludes halogenated alkanes) is 1. The van der Waals surface area contributed by atoms with E-state index < -0.39 is 0 Å². The average molecular weight is 180 g/mol. The quantitative estimate of drug-likeness (QED) is 0.431. The molecule has 1 nitrogen and oxygen atoms in total. The van der Waals surface area contributed by atoms with Crippen LogP contribution in [0.15, 0.2) is 24.3 Å². The van der Waals surface area contributed by atoms with E-state index >= 15 is 0 Å². The molecular formula is C12H20O. The molecule has 0 atom stereocenters. The van der Waals surface area contributed by atoms with Crippen molar-refractivity contribution in [3.63, 3.8) is 0 Å². The monoisotopic (exact) mass is 180 g/mol. The first-order valence-corrected chi connectivity index (χ1v) is 5.06. The van der Waals surface area contributed by atoms with E-state index in [1.54, 1.807) is 6.92 Å². The van der Waals surface area contributed by atoms with Gasteiger partial charge in [0.05, 0.1) is 0 Å². The maximum absolute atomic E-state index is 10.6. The highest BCUT2D eigenvalue weighted by atomic mass is 16.1. The van der Waals surface area contributed by atoms with Gasteiger partial charge >= 0.3 is 0 Å². The molecule has 0 N–H and O–H groups in total. The number of allylic oxidation sites excluding steroid dienone is 4. The van der Waals surface area contributed by atoms with Gasteiger partial charge in [-0.2, -0.15) is 0 Å². The number of rotatable bonds is 7. The van der Waals surface area contributed by atoms with Gasteiger partial charge < -0.3 is 4.79 Å². The third-order valence-corrected chi connectivity index (χ3v) is 1.73. The summed E-state index contributed by atoms with van der Waals surface area (Å²) in [5.41, 5.74) is 0. The predicted molar refractivity (Wildman–Crippen MR) is 57.7 cm³/mol. The molecule has 0 aromatic rings. The molecule has 13 heavy (non-hydrogen) atoms. The molecular weight excluding hydrogens is 160 g/mol. The molecule has 0 spiro atoms. The van der Waals surface area contributed by atoms with Crippen molar-refractivity contribution in [2.75, 3.05) is 0 Å². The average Bonchev–Trinajstić information content (AvgIpc) is 2.09. The van der Waals surface area contributed by atoms with Crippen LogP contribution in [-0.2, 0) is 4.79 Å². The molecule has 0 aromatic heterocycles. The van der Waals surface area contributed by atoms with Crippen LogP contribution in [0.4, 0.5) is 0 Å². The van der Waals surface area contributed by atoms with Crippen molar-refractivity contribution in [2.45, 2.75) is 46.0 Å². The number of hydrogen-bond acceptors (Lipinski definition) is 1. The standard InChI is InChI=1S/C12H20O/c1-3-4-5-6-7-8-9-10-11-12(2)13/h4-5,8-9H,3,6-7,10-11H2,1-2H3/b5-4+,9-8+. The summed E-state index contributed by atoms with van der Waals surface area (Å²) in [6.45, 7) is 3.77. The fourth-order valence-corrected chi connectivity index (χ4v) is 0.999. The summed E-state index contributed by atoms with van der Waals surface area (Å²) in [7, 11) is 0. The van der Waals surface area contributed by atoms with Crippen LogP contribution < -0.4 is 0 Å². The third-order valence-electron chi connectivity index (χ3n) is 1.73. The van der Waals surface area contributed by atoms with Crippen LogP contribution in [0.3, 0.4) is 0 Å². The molecule has 0 aliphatic rings. The predicted octanol–water partition coefficient (Wildman–Crippen LogP) is 3.66. The topological polar surface area (TPSA) is 17.1 Å². The number of carbonyl (C=O) groups is 1. The molecule has 0 fully saturated rings. The van der Waals surface area contributed by atoms with E-state index in [1.165, 1.54) is 0 Å². The number of hydrogen-bond donors (Lipinski definition) is 0. The minimum atomic E-state index is 0.274. The van der Waals surface area contributed by atoms with Crippen molar-refractivity contribution < 1.29 is 4.79 Å². The van der Waals surface area contributed by atoms with Gasteiger partial charge in [0.2, 0.25) is 0 Å². The first-order chi connectivity index (χ1) is 6.27. The van der Waals surface area contributed by atoms with Crippen molar-refractivity contribution in [1.82, 2.24) is 0 Å². The molecule has 0 aromatic carbocycles. The Morgan fingerprint density at radius 3 is 2.08 bits per heavy atom. The summed E-state index contributed by atoms with van der Waals surface area (Å²) in [6.07, 6.45) is 13.5. The van der Waals surface area contributed by atoms with Crippen LogP contribution in [0, 0.1) is 0 Å². The van der Waals surface area contributed by atoms with Crippen molar-refractivity contribution in [1.29, 1.82) is 0 Å². The van der Waals surface area contributed by atoms with Gasteiger partial charge in [0.25, 0.3) is 0 Å². The molecule has 0 unspecified atom stereocenters. The summed E-state index contributed by atoms with van der Waals surface area (Å²) in [5.74, 6) is 0.274. The minimum Gasteiger partial charge on any atom is -0.300 e. The Labute approximate surface area is 81.5 Å². The fourth-order valence-electron chi connectivity index (χ4n) is 0.999. The van der Waals surface area contributed by atoms with E-state index in [-0.39, 0.29) is 5.78 Å². The third kappa shape index (κ3) is 11.1. The van der Waals surface area contributed by atoms with Crippen molar-refractivity contribution in [2.24, 2.45) is 0 Å². The Hall–Kier alpha value is -0.850. The van der Waals surface area contributed by atoms with Crippen LogP contribution in [0.5, 0.6) is 0 Å². The van der Waals surface area contributed by atoms with E-state index in [0.717, 1.165) is 25.7 Å². The molecule has 1 heteroatoms. The first-order valence-electron chi connectivity index (χ1n) is 5.06. The van der Waals surface area contributed by atoms with Crippen molar-refractivity contribution in [3.05, 3.63) is 24.3 Å². The Morgan fingerprint density at radius 2 is 1.54 bits per heavy atom. The van der Waals surface area contributed by atoms with Gasteiger partial charge in [-0.15, -0.1) is 0 Å². The van der Waals surface area contributed by atoms with Crippen LogP contribution >= 0.6 is 0 Å². The SMILES string of the molecule is CC/C=C/CC/C=C/CCC(C)=O. The molecule has 0 saturated carbocycles. The van der Waals surface area contributed by atoms with Gasteiger partial charge in [-0.05, 0) is 32.6 Å². The molecule has 0 rings (SSSR count). The first kappa shape index (κ1) is 12.2. The van der Waals surface area contributed by atoms with Crippen molar-refractivity contribution in [3.8, 4) is 0 Å². The maximum Gasteiger partial charge on any atom is 0.130 e. The number of Topliss-reactive ketones (excluding diaryl/α,β-unsaturated/α-hetero) is 1. The lowest BCUT2D eigenvalue weighted by atomic mass is 10.2. The molecule has 0 amide bonds. The Morgan fingerprint density at radius 1 is 1.00 bits per heavy atom. The zero-order chi connectivity index (χ0) is 9.94. The largest absolute Gasteiger partial charge is 0.300 e. The Balaban J connectivity index is 3.22. The number of ketones is 1. The normalized spacial score (nSPS) is 11.5. The molecule has 0 bridgehead atoms. The van der Waals surface area contributed by atoms with Gasteiger partial charge in [-0.3, -0.25) is 0 Å². The molecule has 0 aliphatic carbocycles. The summed E-state index contributed by atoms with van der Waals surface area (Å²) >= 11 is 0. The van der Waals surface area contributed by atoms with Gasteiger partial charge in [0.15, 0.2) is 0 Å². The second kappa shape index (κ2) is 9.24. The summed E-state index contributed by atoms with van der Waals surface area (Å²) in [5, 5.41) is 0. The summed E-state index contributed by atoms with van der Waals surface area (Å²) in [4.78, 5) is 10.6. The molecule has 0 radical (unpaired) electrons. The zero-order valence-corrected chi connectivity index (χ0v) is 8.75. The van der Waals surface area contributed by atoms with E-state index in [9.17, 15) is 4.79 Å². The highest BCUT2D eigenvalue weighted by Crippen LogP contribution is 1.97. The van der Waals surface area contributed by atoms with E-state index in [4.69, 9.17) is 0 Å². The van der Waals surface area contributed by atoms with Gasteiger partial charge in [-0.25, -0.2) is 0 Å². The lowest BCUT2D eigenvalue weighted by Gasteiger charge is -1.89. The smallest absolute Gasteiger partial charge is 0.130 e. The molecule has 0 saturated heterocycles. The minimum absolute atomic E-state index is 0.274. The lowest BCUT2D eigenvalue weighted by Crippen LogP contribution is -1.86. The highest BCUT2D eigenvalue weighted by molar-refractivity contribution is 5.75. The Kier molecular flexibility index (Phi) is 8.64. The summed E-state index contributed by atoms with van der Waals surface area (Å²) < 4.78 is 0. The lowest BCUT2D eigenvalue weighted by molar-refractivity contribution is -0.116. The van der Waals surface area contributed by atoms with Crippen molar-refractivity contribution >= 4 is 5.78 Å². The highest BCUT2D eigenvalue weighted by Gasteiger charge is 1.87. The maximum atomic E-state index is 10.6. The van der Waals surface area contributed by atoms with E-state index in [2.05, 4.69) is 31.2 Å². The van der Waals surface area contributed by atoms with Crippen LogP contribution in [0.1, 0.15) is 46.0 Å². The zero-order valence-electron chi connectivity index (χ0n) is 8.75. The Bertz CT molecular complexity index is 178. The van der Waals surface area contributed by atoms with E-state index in [0.29, 0.717) is 6.42 Å². The second-order valence-electron chi connectivity index (χ2n) is 3.17. The molecule has 0 heterocycles. The van der Waals surface area contributed by atoms with E-state index in [1.807, 2.05) is 0 Å². The summed E-state index contributed by atoms with van der Waals surface area (Å²) in [6, 6.07) is 0. The van der Waals surface area contributed by atoms with Crippen LogP contribution in [0.2, 0.25) is 0 Å². The second-order valence-corrected chi connectivity index (χ2v) is 3.17. The van der Waals surface area contributed by atoms with Gasteiger partial charge in [-0.1, -0.05) is 31.2 Å². The van der Waals surface area contributed by atoms with Gasteiger partial charge in [0.1, 0.15) is 5.78 Å². The molecule has 74 valence electrons. The van der Waals surface area contributed by atoms with Crippen LogP contribution in [-0.4, -0.2) is 5.78 Å². The van der Waals surface area contributed by atoms with Gasteiger partial charge in [0, 0.05) is 6.42 Å². The number of carbonyl (C=O) groups excluding carboxylic acids is 1. The fraction of sp³-hybridized carbons (Fsp3) is 0.583. The molecule has 0 aliphatic heterocycles.